The molecule has 46 valence electrons. The predicted octanol–water partition coefficient (Wildman–Crippen LogP) is 1.51. The Bertz CT molecular complexity index is 217. The van der Waals surface area contributed by atoms with Crippen LogP contribution in [-0.2, 0) is 4.84 Å². The summed E-state index contributed by atoms with van der Waals surface area (Å²) in [5.41, 5.74) is 2.67. The molecule has 3 heteroatoms. The first kappa shape index (κ1) is 4.99. The molecule has 0 spiro atoms. The van der Waals surface area contributed by atoms with Crippen LogP contribution >= 0.6 is 11.8 Å². The first-order chi connectivity index (χ1) is 4.47. The van der Waals surface area contributed by atoms with E-state index >= 15 is 0 Å². The van der Waals surface area contributed by atoms with Gasteiger partial charge in [-0.05, 0) is 11.5 Å². The summed E-state index contributed by atoms with van der Waals surface area (Å²) in [5.74, 6) is 0.919. The van der Waals surface area contributed by atoms with Crippen LogP contribution in [-0.4, -0.2) is 0 Å². The van der Waals surface area contributed by atoms with Gasteiger partial charge in [0.1, 0.15) is 0 Å². The molecule has 2 aliphatic rings. The lowest BCUT2D eigenvalue weighted by atomic mass is 10.4. The number of hydroxylamine groups is 1. The van der Waals surface area contributed by atoms with Crippen molar-refractivity contribution in [3.8, 4) is 0 Å². The minimum Gasteiger partial charge on any atom is -0.381 e. The fourth-order valence-corrected chi connectivity index (χ4v) is 1.36. The van der Waals surface area contributed by atoms with E-state index < -0.39 is 0 Å². The van der Waals surface area contributed by atoms with Gasteiger partial charge in [0.15, 0.2) is 5.76 Å². The number of nitrogens with one attached hydrogen (secondary N) is 1. The Labute approximate surface area is 57.2 Å². The normalized spacial score (nSPS) is 21.3. The van der Waals surface area contributed by atoms with Crippen LogP contribution in [0.25, 0.3) is 0 Å². The van der Waals surface area contributed by atoms with E-state index in [-0.39, 0.29) is 0 Å². The maximum atomic E-state index is 5.00. The lowest BCUT2D eigenvalue weighted by Crippen LogP contribution is -1.95. The maximum Gasteiger partial charge on any atom is 0.170 e. The van der Waals surface area contributed by atoms with Crippen molar-refractivity contribution >= 4 is 11.8 Å². The number of rotatable bonds is 0. The topological polar surface area (TPSA) is 21.3 Å². The molecule has 0 bridgehead atoms. The van der Waals surface area contributed by atoms with Gasteiger partial charge in [-0.1, -0.05) is 17.8 Å². The summed E-state index contributed by atoms with van der Waals surface area (Å²) in [6, 6.07) is 0. The van der Waals surface area contributed by atoms with E-state index in [1.54, 1.807) is 11.8 Å². The molecule has 2 rings (SSSR count). The maximum absolute atomic E-state index is 5.00. The quantitative estimate of drug-likeness (QED) is 0.549. The highest BCUT2D eigenvalue weighted by atomic mass is 32.2. The first-order valence-electron chi connectivity index (χ1n) is 2.63. The van der Waals surface area contributed by atoms with E-state index in [1.165, 1.54) is 0 Å². The number of hydrogen-bond donors (Lipinski definition) is 1. The van der Waals surface area contributed by atoms with Gasteiger partial charge >= 0.3 is 0 Å². The molecule has 0 atom stereocenters. The first-order valence-corrected chi connectivity index (χ1v) is 3.51. The van der Waals surface area contributed by atoms with Crippen LogP contribution < -0.4 is 5.48 Å². The Morgan fingerprint density at radius 3 is 3.44 bits per heavy atom. The Morgan fingerprint density at radius 1 is 1.56 bits per heavy atom. The van der Waals surface area contributed by atoms with E-state index in [9.17, 15) is 0 Å². The van der Waals surface area contributed by atoms with Crippen molar-refractivity contribution in [1.29, 1.82) is 0 Å². The zero-order valence-electron chi connectivity index (χ0n) is 4.63. The molecular weight excluding hydrogens is 134 g/mol. The van der Waals surface area contributed by atoms with E-state index in [0.29, 0.717) is 0 Å². The molecule has 0 aliphatic carbocycles. The second-order valence-corrected chi connectivity index (χ2v) is 2.65. The molecule has 0 saturated heterocycles. The minimum absolute atomic E-state index is 0.919. The standard InChI is InChI=1S/C6H5NOS/c1-2-5-6(9-3-1)4-7-8-5/h1-4,7H. The highest BCUT2D eigenvalue weighted by Gasteiger charge is 2.13. The lowest BCUT2D eigenvalue weighted by molar-refractivity contribution is 0.170. The van der Waals surface area contributed by atoms with Gasteiger partial charge in [-0.2, -0.15) is 0 Å². The predicted molar refractivity (Wildman–Crippen MR) is 37.1 cm³/mol. The molecule has 0 saturated carbocycles. The van der Waals surface area contributed by atoms with Crippen LogP contribution in [0.15, 0.2) is 34.4 Å². The number of fused-ring (bicyclic) bond motifs is 1. The van der Waals surface area contributed by atoms with Crippen LogP contribution in [0.1, 0.15) is 0 Å². The van der Waals surface area contributed by atoms with Crippen molar-refractivity contribution in [2.24, 2.45) is 0 Å². The van der Waals surface area contributed by atoms with Crippen LogP contribution in [0.4, 0.5) is 0 Å². The van der Waals surface area contributed by atoms with Crippen molar-refractivity contribution in [1.82, 2.24) is 5.48 Å². The van der Waals surface area contributed by atoms with E-state index in [0.717, 1.165) is 10.7 Å². The van der Waals surface area contributed by atoms with Crippen LogP contribution in [0.2, 0.25) is 0 Å². The van der Waals surface area contributed by atoms with Gasteiger partial charge < -0.3 is 4.84 Å². The van der Waals surface area contributed by atoms with Gasteiger partial charge in [0, 0.05) is 0 Å². The summed E-state index contributed by atoms with van der Waals surface area (Å²) in [7, 11) is 0. The Balaban J connectivity index is 2.37. The van der Waals surface area contributed by atoms with Gasteiger partial charge in [0.05, 0.1) is 11.1 Å². The lowest BCUT2D eigenvalue weighted by Gasteiger charge is -2.01. The summed E-state index contributed by atoms with van der Waals surface area (Å²) < 4.78 is 0. The number of allylic oxidation sites excluding steroid dienone is 2. The van der Waals surface area contributed by atoms with Crippen LogP contribution in [0.3, 0.4) is 0 Å². The third-order valence-electron chi connectivity index (χ3n) is 1.12. The molecule has 0 aromatic carbocycles. The summed E-state index contributed by atoms with van der Waals surface area (Å²) in [5, 5.41) is 2.02. The summed E-state index contributed by atoms with van der Waals surface area (Å²) in [6.45, 7) is 0. The van der Waals surface area contributed by atoms with Gasteiger partial charge in [-0.3, -0.25) is 0 Å². The average molecular weight is 139 g/mol. The molecular formula is C6H5NOS. The molecule has 0 amide bonds. The number of hydrogen-bond acceptors (Lipinski definition) is 3. The molecule has 0 aromatic rings. The Hall–Kier alpha value is -0.830. The third-order valence-corrected chi connectivity index (χ3v) is 1.99. The van der Waals surface area contributed by atoms with Crippen molar-refractivity contribution in [3.05, 3.63) is 34.4 Å². The van der Waals surface area contributed by atoms with Gasteiger partial charge in [0.25, 0.3) is 0 Å². The largest absolute Gasteiger partial charge is 0.381 e. The van der Waals surface area contributed by atoms with Crippen molar-refractivity contribution in [2.75, 3.05) is 0 Å². The summed E-state index contributed by atoms with van der Waals surface area (Å²) >= 11 is 1.66. The fraction of sp³-hybridized carbons (Fsp3) is 0. The SMILES string of the molecule is C1=CSC2=CNOC2=C1. The molecule has 2 nitrogen and oxygen atoms in total. The van der Waals surface area contributed by atoms with Gasteiger partial charge in [-0.15, -0.1) is 0 Å². The molecule has 0 aromatic heterocycles. The fourth-order valence-electron chi connectivity index (χ4n) is 0.715. The number of thioether (sulfide) groups is 1. The van der Waals surface area contributed by atoms with Gasteiger partial charge in [-0.25, -0.2) is 5.48 Å². The second kappa shape index (κ2) is 1.84. The van der Waals surface area contributed by atoms with Crippen molar-refractivity contribution in [3.63, 3.8) is 0 Å². The van der Waals surface area contributed by atoms with Crippen LogP contribution in [0, 0.1) is 0 Å². The molecule has 2 heterocycles. The average Bonchev–Trinajstić information content (AvgIpc) is 2.33. The van der Waals surface area contributed by atoms with Crippen molar-refractivity contribution in [2.45, 2.75) is 0 Å². The second-order valence-electron chi connectivity index (χ2n) is 1.71. The molecule has 0 unspecified atom stereocenters. The summed E-state index contributed by atoms with van der Waals surface area (Å²) in [4.78, 5) is 6.15. The highest BCUT2D eigenvalue weighted by Crippen LogP contribution is 2.31. The molecule has 9 heavy (non-hydrogen) atoms. The smallest absolute Gasteiger partial charge is 0.170 e. The van der Waals surface area contributed by atoms with Crippen molar-refractivity contribution < 1.29 is 4.84 Å². The van der Waals surface area contributed by atoms with Crippen LogP contribution in [0.5, 0.6) is 0 Å². The Morgan fingerprint density at radius 2 is 2.56 bits per heavy atom. The molecule has 1 N–H and O–H groups in total. The monoisotopic (exact) mass is 139 g/mol. The van der Waals surface area contributed by atoms with E-state index in [1.807, 2.05) is 23.8 Å². The zero-order chi connectivity index (χ0) is 6.10. The third kappa shape index (κ3) is 0.733. The van der Waals surface area contributed by atoms with E-state index in [4.69, 9.17) is 4.84 Å². The molecule has 0 fully saturated rings. The minimum atomic E-state index is 0.919. The Kier molecular flexibility index (Phi) is 1.02. The summed E-state index contributed by atoms with van der Waals surface area (Å²) in [6.07, 6.45) is 5.74. The molecule has 0 radical (unpaired) electrons. The zero-order valence-corrected chi connectivity index (χ0v) is 5.44. The van der Waals surface area contributed by atoms with Gasteiger partial charge in [0.2, 0.25) is 0 Å². The highest BCUT2D eigenvalue weighted by molar-refractivity contribution is 8.06. The van der Waals surface area contributed by atoms with E-state index in [2.05, 4.69) is 5.48 Å². The molecule has 2 aliphatic heterocycles.